The summed E-state index contributed by atoms with van der Waals surface area (Å²) in [6.07, 6.45) is 0.106. The lowest BCUT2D eigenvalue weighted by molar-refractivity contribution is -0.122. The number of nitrogens with two attached hydrogens (primary N) is 1. The van der Waals surface area contributed by atoms with Gasteiger partial charge < -0.3 is 21.1 Å². The molecule has 0 radical (unpaired) electrons. The molecule has 0 saturated carbocycles. The first-order valence-electron chi connectivity index (χ1n) is 8.63. The van der Waals surface area contributed by atoms with E-state index in [4.69, 9.17) is 10.5 Å². The van der Waals surface area contributed by atoms with Gasteiger partial charge in [-0.25, -0.2) is 0 Å². The largest absolute Gasteiger partial charge is 0.383 e. The van der Waals surface area contributed by atoms with Crippen molar-refractivity contribution < 1.29 is 14.3 Å². The fourth-order valence-electron chi connectivity index (χ4n) is 2.67. The van der Waals surface area contributed by atoms with E-state index in [2.05, 4.69) is 24.5 Å². The monoisotopic (exact) mass is 377 g/mol. The molecule has 2 amide bonds. The molecule has 2 rings (SSSR count). The van der Waals surface area contributed by atoms with E-state index in [9.17, 15) is 9.59 Å². The molecule has 1 aromatic carbocycles. The highest BCUT2D eigenvalue weighted by atomic mass is 32.2. The lowest BCUT2D eigenvalue weighted by atomic mass is 9.95. The quantitative estimate of drug-likeness (QED) is 0.448. The van der Waals surface area contributed by atoms with Crippen LogP contribution in [0.1, 0.15) is 26.3 Å². The van der Waals surface area contributed by atoms with Crippen molar-refractivity contribution in [2.45, 2.75) is 50.2 Å². The molecular weight excluding hydrogens is 350 g/mol. The maximum Gasteiger partial charge on any atom is 0.268 e. The molecule has 7 heteroatoms. The summed E-state index contributed by atoms with van der Waals surface area (Å²) in [7, 11) is 1.71. The predicted octanol–water partition coefficient (Wildman–Crippen LogP) is 1.56. The van der Waals surface area contributed by atoms with E-state index >= 15 is 0 Å². The van der Waals surface area contributed by atoms with Gasteiger partial charge in [-0.15, -0.1) is 11.8 Å². The third kappa shape index (κ3) is 5.02. The molecule has 1 fully saturated rings. The van der Waals surface area contributed by atoms with Crippen molar-refractivity contribution in [3.8, 4) is 0 Å². The van der Waals surface area contributed by atoms with Crippen LogP contribution in [0.2, 0.25) is 0 Å². The van der Waals surface area contributed by atoms with Crippen LogP contribution in [0.25, 0.3) is 0 Å². The number of amides is 2. The van der Waals surface area contributed by atoms with Crippen LogP contribution < -0.4 is 16.4 Å². The summed E-state index contributed by atoms with van der Waals surface area (Å²) >= 11 is 1.56. The zero-order valence-electron chi connectivity index (χ0n) is 15.6. The van der Waals surface area contributed by atoms with Gasteiger partial charge in [0.2, 0.25) is 0 Å². The van der Waals surface area contributed by atoms with Crippen molar-refractivity contribution in [1.82, 2.24) is 10.6 Å². The minimum Gasteiger partial charge on any atom is -0.383 e. The third-order valence-corrected chi connectivity index (χ3v) is 5.22. The van der Waals surface area contributed by atoms with Crippen LogP contribution in [0.3, 0.4) is 0 Å². The first-order valence-corrected chi connectivity index (χ1v) is 9.58. The number of ether oxygens (including phenoxy) is 1. The van der Waals surface area contributed by atoms with E-state index in [0.717, 1.165) is 5.56 Å². The number of carbonyl (C=O) groups is 2. The molecule has 0 bridgehead atoms. The molecule has 1 aromatic rings. The Hall–Kier alpha value is -1.99. The number of rotatable bonds is 9. The Bertz CT molecular complexity index is 678. The number of nitrogens with one attached hydrogen (secondary N) is 2. The van der Waals surface area contributed by atoms with E-state index in [1.54, 1.807) is 31.1 Å². The highest BCUT2D eigenvalue weighted by Gasteiger charge is 2.61. The summed E-state index contributed by atoms with van der Waals surface area (Å²) < 4.78 is 5.58. The number of likely N-dealkylation sites (N-methyl/N-ethyl adjacent to an activating group) is 1. The van der Waals surface area contributed by atoms with E-state index in [1.165, 1.54) is 0 Å². The summed E-state index contributed by atoms with van der Waals surface area (Å²) in [6, 6.07) is 9.41. The zero-order valence-corrected chi connectivity index (χ0v) is 16.4. The number of carbonyl (C=O) groups excluding carboxylic acids is 2. The molecule has 0 aliphatic carbocycles. The average Bonchev–Trinajstić information content (AvgIpc) is 3.29. The number of benzene rings is 1. The van der Waals surface area contributed by atoms with Crippen LogP contribution in [0.4, 0.5) is 0 Å². The zero-order chi connectivity index (χ0) is 19.3. The van der Waals surface area contributed by atoms with Gasteiger partial charge in [-0.2, -0.15) is 0 Å². The second-order valence-electron chi connectivity index (χ2n) is 6.75. The average molecular weight is 378 g/mol. The summed E-state index contributed by atoms with van der Waals surface area (Å²) in [4.78, 5) is 24.3. The summed E-state index contributed by atoms with van der Waals surface area (Å²) in [6.45, 7) is 5.77. The second kappa shape index (κ2) is 8.60. The molecule has 6 nitrogen and oxygen atoms in total. The van der Waals surface area contributed by atoms with Crippen molar-refractivity contribution in [1.29, 1.82) is 0 Å². The van der Waals surface area contributed by atoms with Crippen molar-refractivity contribution in [2.24, 2.45) is 5.73 Å². The van der Waals surface area contributed by atoms with Crippen LogP contribution in [0.15, 0.2) is 41.4 Å². The SMILES string of the molecule is CN/C(=C\SC(C)C)C(=O)N[C@@H](Cc1ccccc1)C1OC1(C)C(N)=O. The molecule has 0 aromatic heterocycles. The minimum absolute atomic E-state index is 0.232. The van der Waals surface area contributed by atoms with Gasteiger partial charge in [0.25, 0.3) is 11.8 Å². The highest BCUT2D eigenvalue weighted by molar-refractivity contribution is 8.02. The lowest BCUT2D eigenvalue weighted by Gasteiger charge is -2.19. The fourth-order valence-corrected chi connectivity index (χ4v) is 3.31. The molecule has 3 atom stereocenters. The Kier molecular flexibility index (Phi) is 6.72. The Balaban J connectivity index is 2.15. The Labute approximate surface area is 158 Å². The molecule has 1 aliphatic heterocycles. The van der Waals surface area contributed by atoms with Crippen molar-refractivity contribution in [3.05, 3.63) is 47.0 Å². The van der Waals surface area contributed by atoms with E-state index in [-0.39, 0.29) is 11.9 Å². The highest BCUT2D eigenvalue weighted by Crippen LogP contribution is 2.39. The van der Waals surface area contributed by atoms with Gasteiger partial charge >= 0.3 is 0 Å². The maximum absolute atomic E-state index is 12.7. The van der Waals surface area contributed by atoms with E-state index in [0.29, 0.717) is 17.4 Å². The van der Waals surface area contributed by atoms with Crippen LogP contribution in [-0.2, 0) is 20.7 Å². The van der Waals surface area contributed by atoms with Gasteiger partial charge in [0.15, 0.2) is 5.60 Å². The van der Waals surface area contributed by atoms with Crippen molar-refractivity contribution in [2.75, 3.05) is 7.05 Å². The van der Waals surface area contributed by atoms with Crippen LogP contribution >= 0.6 is 11.8 Å². The Morgan fingerprint density at radius 2 is 2.00 bits per heavy atom. The van der Waals surface area contributed by atoms with Crippen molar-refractivity contribution in [3.63, 3.8) is 0 Å². The molecule has 26 heavy (non-hydrogen) atoms. The van der Waals surface area contributed by atoms with Crippen LogP contribution in [0, 0.1) is 0 Å². The molecule has 1 saturated heterocycles. The normalized spacial score (nSPS) is 23.4. The summed E-state index contributed by atoms with van der Waals surface area (Å²) in [5, 5.41) is 8.10. The number of thioether (sulfide) groups is 1. The molecule has 2 unspecified atom stereocenters. The van der Waals surface area contributed by atoms with Gasteiger partial charge in [-0.05, 0) is 24.3 Å². The number of hydrogen-bond acceptors (Lipinski definition) is 5. The maximum atomic E-state index is 12.7. The lowest BCUT2D eigenvalue weighted by Crippen LogP contribution is -2.46. The topological polar surface area (TPSA) is 96.8 Å². The number of epoxide rings is 1. The predicted molar refractivity (Wildman–Crippen MR) is 104 cm³/mol. The van der Waals surface area contributed by atoms with Gasteiger partial charge in [-0.3, -0.25) is 9.59 Å². The second-order valence-corrected chi connectivity index (χ2v) is 8.20. The number of hydrogen-bond donors (Lipinski definition) is 3. The first-order chi connectivity index (χ1) is 12.3. The van der Waals surface area contributed by atoms with Gasteiger partial charge in [0.05, 0.1) is 6.04 Å². The third-order valence-electron chi connectivity index (χ3n) is 4.30. The van der Waals surface area contributed by atoms with Gasteiger partial charge in [0.1, 0.15) is 11.8 Å². The summed E-state index contributed by atoms with van der Waals surface area (Å²) in [5.74, 6) is -0.751. The van der Waals surface area contributed by atoms with Crippen LogP contribution in [-0.4, -0.2) is 41.9 Å². The smallest absolute Gasteiger partial charge is 0.268 e. The van der Waals surface area contributed by atoms with Gasteiger partial charge in [0, 0.05) is 12.3 Å². The molecule has 1 aliphatic rings. The standard InChI is InChI=1S/C19H27N3O3S/c1-12(2)26-11-15(21-4)17(23)22-14(10-13-8-6-5-7-9-13)16-19(3,25-16)18(20)24/h5-9,11-12,14,16,21H,10H2,1-4H3,(H2,20,24)(H,22,23)/b15-11-/t14-,16?,19?/m0/s1. The van der Waals surface area contributed by atoms with Gasteiger partial charge in [-0.1, -0.05) is 44.2 Å². The van der Waals surface area contributed by atoms with Crippen LogP contribution in [0.5, 0.6) is 0 Å². The molecule has 142 valence electrons. The Morgan fingerprint density at radius 1 is 1.35 bits per heavy atom. The number of primary amides is 1. The first kappa shape index (κ1) is 20.3. The van der Waals surface area contributed by atoms with Crippen molar-refractivity contribution >= 4 is 23.6 Å². The Morgan fingerprint density at radius 3 is 2.50 bits per heavy atom. The minimum atomic E-state index is -1.04. The van der Waals surface area contributed by atoms with E-state index < -0.39 is 17.6 Å². The summed E-state index contributed by atoms with van der Waals surface area (Å²) in [5.41, 5.74) is 5.93. The molecule has 0 spiro atoms. The van der Waals surface area contributed by atoms with E-state index in [1.807, 2.05) is 30.3 Å². The molecule has 1 heterocycles. The molecular formula is C19H27N3O3S. The molecule has 4 N–H and O–H groups in total. The fraction of sp³-hybridized carbons (Fsp3) is 0.474.